The Hall–Kier alpha value is -1.39. The number of benzene rings is 1. The zero-order chi connectivity index (χ0) is 12.5. The van der Waals surface area contributed by atoms with E-state index >= 15 is 0 Å². The Morgan fingerprint density at radius 1 is 1.50 bits per heavy atom. The second-order valence-corrected chi connectivity index (χ2v) is 4.99. The molecule has 94 valence electrons. The van der Waals surface area contributed by atoms with E-state index in [0.717, 1.165) is 17.9 Å². The van der Waals surface area contributed by atoms with Crippen LogP contribution in [-0.2, 0) is 13.0 Å². The summed E-state index contributed by atoms with van der Waals surface area (Å²) in [5, 5.41) is 8.03. The van der Waals surface area contributed by atoms with Gasteiger partial charge < -0.3 is 9.84 Å². The van der Waals surface area contributed by atoms with E-state index in [1.54, 1.807) is 0 Å². The van der Waals surface area contributed by atoms with Crippen LogP contribution in [0.15, 0.2) is 22.7 Å². The van der Waals surface area contributed by atoms with Gasteiger partial charge in [-0.25, -0.2) is 0 Å². The van der Waals surface area contributed by atoms with Crippen LogP contribution in [0.4, 0.5) is 0 Å². The zero-order valence-corrected chi connectivity index (χ0v) is 10.9. The molecule has 1 aromatic heterocycles. The number of aryl methyl sites for hydroxylation is 2. The van der Waals surface area contributed by atoms with Crippen molar-refractivity contribution in [2.45, 2.75) is 32.4 Å². The maximum Gasteiger partial charge on any atom is 0.240 e. The highest BCUT2D eigenvalue weighted by molar-refractivity contribution is 6.30. The summed E-state index contributed by atoms with van der Waals surface area (Å²) in [6.07, 6.45) is 2.15. The lowest BCUT2D eigenvalue weighted by Crippen LogP contribution is -2.18. The molecule has 1 aliphatic carbocycles. The van der Waals surface area contributed by atoms with Crippen molar-refractivity contribution in [3.63, 3.8) is 0 Å². The number of fused-ring (bicyclic) bond motifs is 1. The molecule has 0 bridgehead atoms. The van der Waals surface area contributed by atoms with Crippen molar-refractivity contribution in [2.24, 2.45) is 0 Å². The molecule has 1 unspecified atom stereocenters. The molecule has 2 aromatic rings. The van der Waals surface area contributed by atoms with Gasteiger partial charge in [0.05, 0.1) is 6.54 Å². The minimum absolute atomic E-state index is 0.351. The van der Waals surface area contributed by atoms with E-state index in [9.17, 15) is 0 Å². The van der Waals surface area contributed by atoms with Crippen LogP contribution in [0.2, 0.25) is 5.02 Å². The molecule has 4 nitrogen and oxygen atoms in total. The van der Waals surface area contributed by atoms with E-state index in [2.05, 4.69) is 27.6 Å². The SMILES string of the molecule is Cc1noc(CNC2CCc3cc(Cl)ccc32)n1. The van der Waals surface area contributed by atoms with Crippen molar-refractivity contribution < 1.29 is 4.52 Å². The second kappa shape index (κ2) is 4.71. The first-order valence-corrected chi connectivity index (χ1v) is 6.41. The lowest BCUT2D eigenvalue weighted by atomic mass is 10.1. The van der Waals surface area contributed by atoms with Crippen molar-refractivity contribution in [3.8, 4) is 0 Å². The lowest BCUT2D eigenvalue weighted by molar-refractivity contribution is 0.354. The number of hydrogen-bond donors (Lipinski definition) is 1. The predicted molar refractivity (Wildman–Crippen MR) is 68.4 cm³/mol. The first kappa shape index (κ1) is 11.7. The van der Waals surface area contributed by atoms with Crippen molar-refractivity contribution in [1.29, 1.82) is 0 Å². The van der Waals surface area contributed by atoms with Gasteiger partial charge >= 0.3 is 0 Å². The van der Waals surface area contributed by atoms with Gasteiger partial charge in [0.2, 0.25) is 5.89 Å². The summed E-state index contributed by atoms with van der Waals surface area (Å²) in [7, 11) is 0. The summed E-state index contributed by atoms with van der Waals surface area (Å²) in [6.45, 7) is 2.42. The third kappa shape index (κ3) is 2.26. The molecular formula is C13H14ClN3O. The van der Waals surface area contributed by atoms with E-state index in [1.165, 1.54) is 11.1 Å². The number of nitrogens with one attached hydrogen (secondary N) is 1. The molecule has 1 atom stereocenters. The summed E-state index contributed by atoms with van der Waals surface area (Å²) in [5.41, 5.74) is 2.66. The normalized spacial score (nSPS) is 18.0. The lowest BCUT2D eigenvalue weighted by Gasteiger charge is -2.12. The van der Waals surface area contributed by atoms with Crippen LogP contribution < -0.4 is 5.32 Å². The first-order chi connectivity index (χ1) is 8.72. The first-order valence-electron chi connectivity index (χ1n) is 6.03. The van der Waals surface area contributed by atoms with E-state index < -0.39 is 0 Å². The van der Waals surface area contributed by atoms with Crippen LogP contribution in [-0.4, -0.2) is 10.1 Å². The van der Waals surface area contributed by atoms with Crippen molar-refractivity contribution in [1.82, 2.24) is 15.5 Å². The highest BCUT2D eigenvalue weighted by Gasteiger charge is 2.22. The molecule has 0 spiro atoms. The number of rotatable bonds is 3. The number of nitrogens with zero attached hydrogens (tertiary/aromatic N) is 2. The van der Waals surface area contributed by atoms with Crippen LogP contribution in [0.5, 0.6) is 0 Å². The van der Waals surface area contributed by atoms with Crippen LogP contribution in [0.25, 0.3) is 0 Å². The second-order valence-electron chi connectivity index (χ2n) is 4.55. The Morgan fingerprint density at radius 3 is 3.17 bits per heavy atom. The molecular weight excluding hydrogens is 250 g/mol. The van der Waals surface area contributed by atoms with Gasteiger partial charge in [-0.15, -0.1) is 0 Å². The van der Waals surface area contributed by atoms with Crippen molar-refractivity contribution in [2.75, 3.05) is 0 Å². The molecule has 1 aliphatic rings. The van der Waals surface area contributed by atoms with Crippen LogP contribution in [0.1, 0.15) is 35.3 Å². The molecule has 3 rings (SSSR count). The molecule has 5 heteroatoms. The molecule has 1 aromatic carbocycles. The number of hydrogen-bond acceptors (Lipinski definition) is 4. The maximum atomic E-state index is 5.99. The van der Waals surface area contributed by atoms with Crippen molar-refractivity contribution in [3.05, 3.63) is 46.1 Å². The molecule has 0 aliphatic heterocycles. The quantitative estimate of drug-likeness (QED) is 0.925. The molecule has 0 radical (unpaired) electrons. The van der Waals surface area contributed by atoms with Gasteiger partial charge in [0.15, 0.2) is 5.82 Å². The number of aromatic nitrogens is 2. The zero-order valence-electron chi connectivity index (χ0n) is 10.1. The Labute approximate surface area is 110 Å². The Bertz CT molecular complexity index is 567. The minimum atomic E-state index is 0.351. The predicted octanol–water partition coefficient (Wildman–Crippen LogP) is 2.81. The van der Waals surface area contributed by atoms with Gasteiger partial charge in [0, 0.05) is 11.1 Å². The van der Waals surface area contributed by atoms with Gasteiger partial charge in [-0.3, -0.25) is 0 Å². The monoisotopic (exact) mass is 263 g/mol. The molecule has 0 amide bonds. The van der Waals surface area contributed by atoms with E-state index in [-0.39, 0.29) is 0 Å². The average Bonchev–Trinajstić information content (AvgIpc) is 2.92. The van der Waals surface area contributed by atoms with Gasteiger partial charge in [-0.2, -0.15) is 4.98 Å². The third-order valence-electron chi connectivity index (χ3n) is 3.25. The molecule has 0 saturated heterocycles. The standard InChI is InChI=1S/C13H14ClN3O/c1-8-16-13(18-17-8)7-15-12-5-2-9-6-10(14)3-4-11(9)12/h3-4,6,12,15H,2,5,7H2,1H3. The fourth-order valence-corrected chi connectivity index (χ4v) is 2.62. The van der Waals surface area contributed by atoms with Crippen LogP contribution >= 0.6 is 11.6 Å². The summed E-state index contributed by atoms with van der Waals surface area (Å²) < 4.78 is 5.09. The van der Waals surface area contributed by atoms with Gasteiger partial charge in [0.25, 0.3) is 0 Å². The Kier molecular flexibility index (Phi) is 3.06. The number of halogens is 1. The molecule has 0 fully saturated rings. The summed E-state index contributed by atoms with van der Waals surface area (Å²) in [5.74, 6) is 1.31. The minimum Gasteiger partial charge on any atom is -0.338 e. The Morgan fingerprint density at radius 2 is 2.39 bits per heavy atom. The smallest absolute Gasteiger partial charge is 0.240 e. The molecule has 1 heterocycles. The van der Waals surface area contributed by atoms with Crippen LogP contribution in [0, 0.1) is 6.92 Å². The molecule has 0 saturated carbocycles. The van der Waals surface area contributed by atoms with Gasteiger partial charge in [-0.1, -0.05) is 22.8 Å². The maximum absolute atomic E-state index is 5.99. The average molecular weight is 264 g/mol. The van der Waals surface area contributed by atoms with Gasteiger partial charge in [0.1, 0.15) is 0 Å². The van der Waals surface area contributed by atoms with Crippen LogP contribution in [0.3, 0.4) is 0 Å². The van der Waals surface area contributed by atoms with Crippen molar-refractivity contribution >= 4 is 11.6 Å². The van der Waals surface area contributed by atoms with E-state index in [0.29, 0.717) is 24.3 Å². The molecule has 1 N–H and O–H groups in total. The van der Waals surface area contributed by atoms with E-state index in [1.807, 2.05) is 13.0 Å². The summed E-state index contributed by atoms with van der Waals surface area (Å²) in [4.78, 5) is 4.18. The van der Waals surface area contributed by atoms with E-state index in [4.69, 9.17) is 16.1 Å². The summed E-state index contributed by atoms with van der Waals surface area (Å²) >= 11 is 5.99. The Balaban J connectivity index is 1.69. The third-order valence-corrected chi connectivity index (χ3v) is 3.49. The van der Waals surface area contributed by atoms with Gasteiger partial charge in [-0.05, 0) is 43.0 Å². The highest BCUT2D eigenvalue weighted by atomic mass is 35.5. The largest absolute Gasteiger partial charge is 0.338 e. The fourth-order valence-electron chi connectivity index (χ4n) is 2.42. The topological polar surface area (TPSA) is 51.0 Å². The fraction of sp³-hybridized carbons (Fsp3) is 0.385. The summed E-state index contributed by atoms with van der Waals surface area (Å²) in [6, 6.07) is 6.44. The molecule has 18 heavy (non-hydrogen) atoms. The highest BCUT2D eigenvalue weighted by Crippen LogP contribution is 2.32.